The number of hydrogen-bond donors (Lipinski definition) is 2. The van der Waals surface area contributed by atoms with E-state index in [-0.39, 0.29) is 22.8 Å². The van der Waals surface area contributed by atoms with Crippen molar-refractivity contribution in [2.24, 2.45) is 11.1 Å². The van der Waals surface area contributed by atoms with Crippen LogP contribution in [0.2, 0.25) is 0 Å². The van der Waals surface area contributed by atoms with Gasteiger partial charge in [0.1, 0.15) is 0 Å². The van der Waals surface area contributed by atoms with Crippen molar-refractivity contribution in [2.75, 3.05) is 13.7 Å². The second-order valence-corrected chi connectivity index (χ2v) is 6.73. The lowest BCUT2D eigenvalue weighted by molar-refractivity contribution is -0.122. The van der Waals surface area contributed by atoms with Gasteiger partial charge in [-0.25, -0.2) is 13.6 Å². The van der Waals surface area contributed by atoms with E-state index in [2.05, 4.69) is 5.32 Å². The highest BCUT2D eigenvalue weighted by Gasteiger charge is 2.14. The molecule has 1 aromatic rings. The highest BCUT2D eigenvalue weighted by atomic mass is 32.2. The van der Waals surface area contributed by atoms with Gasteiger partial charge in [0.05, 0.1) is 10.9 Å². The van der Waals surface area contributed by atoms with Crippen molar-refractivity contribution in [1.29, 1.82) is 0 Å². The molecule has 0 saturated carbocycles. The molecule has 7 heteroatoms. The van der Waals surface area contributed by atoms with Gasteiger partial charge in [0.15, 0.2) is 0 Å². The fourth-order valence-corrected chi connectivity index (χ4v) is 2.51. The van der Waals surface area contributed by atoms with Gasteiger partial charge in [-0.15, -0.1) is 0 Å². The van der Waals surface area contributed by atoms with Crippen LogP contribution >= 0.6 is 0 Å². The molecule has 21 heavy (non-hydrogen) atoms. The molecule has 0 bridgehead atoms. The molecule has 1 amide bonds. The van der Waals surface area contributed by atoms with E-state index in [1.807, 2.05) is 13.8 Å². The van der Waals surface area contributed by atoms with Crippen LogP contribution in [0.15, 0.2) is 29.2 Å². The standard InChI is InChI=1S/C14H22N2O4S/c1-10(9-20-3)8-14(17)16-11(2)12-4-6-13(7-5-12)21(15,18)19/h4-7,10-11H,8-9H2,1-3H3,(H,16,17)(H2,15,18,19). The smallest absolute Gasteiger partial charge is 0.238 e. The van der Waals surface area contributed by atoms with Crippen LogP contribution in [0.5, 0.6) is 0 Å². The number of nitrogens with one attached hydrogen (secondary N) is 1. The topological polar surface area (TPSA) is 98.5 Å². The third-order valence-corrected chi connectivity index (χ3v) is 4.00. The minimum Gasteiger partial charge on any atom is -0.384 e. The van der Waals surface area contributed by atoms with E-state index in [4.69, 9.17) is 9.88 Å². The summed E-state index contributed by atoms with van der Waals surface area (Å²) in [6.07, 6.45) is 0.382. The molecule has 0 radical (unpaired) electrons. The van der Waals surface area contributed by atoms with Gasteiger partial charge >= 0.3 is 0 Å². The number of carbonyl (C=O) groups is 1. The average Bonchev–Trinajstić information content (AvgIpc) is 2.37. The Balaban J connectivity index is 2.63. The number of primary sulfonamides is 1. The molecule has 0 aliphatic rings. The highest BCUT2D eigenvalue weighted by Crippen LogP contribution is 2.16. The molecule has 3 N–H and O–H groups in total. The Hall–Kier alpha value is -1.44. The Labute approximate surface area is 125 Å². The molecule has 0 aromatic heterocycles. The molecule has 1 rings (SSSR count). The third kappa shape index (κ3) is 5.82. The van der Waals surface area contributed by atoms with Crippen molar-refractivity contribution in [2.45, 2.75) is 31.2 Å². The van der Waals surface area contributed by atoms with Crippen LogP contribution in [0.25, 0.3) is 0 Å². The van der Waals surface area contributed by atoms with Crippen molar-refractivity contribution in [1.82, 2.24) is 5.32 Å². The lowest BCUT2D eigenvalue weighted by Crippen LogP contribution is -2.28. The van der Waals surface area contributed by atoms with Crippen LogP contribution in [0.1, 0.15) is 31.9 Å². The quantitative estimate of drug-likeness (QED) is 0.789. The summed E-state index contributed by atoms with van der Waals surface area (Å²) in [5.41, 5.74) is 0.815. The van der Waals surface area contributed by atoms with Crippen molar-refractivity contribution in [3.05, 3.63) is 29.8 Å². The number of amides is 1. The van der Waals surface area contributed by atoms with E-state index in [9.17, 15) is 13.2 Å². The Bertz CT molecular complexity index is 569. The first-order valence-corrected chi connectivity index (χ1v) is 8.19. The lowest BCUT2D eigenvalue weighted by Gasteiger charge is -2.16. The van der Waals surface area contributed by atoms with Crippen molar-refractivity contribution < 1.29 is 17.9 Å². The Morgan fingerprint density at radius 2 is 1.86 bits per heavy atom. The average molecular weight is 314 g/mol. The van der Waals surface area contributed by atoms with Gasteiger partial charge in [-0.05, 0) is 30.5 Å². The van der Waals surface area contributed by atoms with Crippen molar-refractivity contribution in [3.8, 4) is 0 Å². The van der Waals surface area contributed by atoms with Gasteiger partial charge < -0.3 is 10.1 Å². The van der Waals surface area contributed by atoms with Crippen LogP contribution < -0.4 is 10.5 Å². The molecule has 2 atom stereocenters. The lowest BCUT2D eigenvalue weighted by atomic mass is 10.1. The molecule has 0 saturated heterocycles. The summed E-state index contributed by atoms with van der Waals surface area (Å²) in [5, 5.41) is 7.91. The Kier molecular flexibility index (Phi) is 6.32. The third-order valence-electron chi connectivity index (χ3n) is 3.07. The number of methoxy groups -OCH3 is 1. The van der Waals surface area contributed by atoms with Crippen LogP contribution in [0.4, 0.5) is 0 Å². The van der Waals surface area contributed by atoms with E-state index < -0.39 is 10.0 Å². The minimum atomic E-state index is -3.69. The summed E-state index contributed by atoms with van der Waals surface area (Å²) in [7, 11) is -2.09. The maximum absolute atomic E-state index is 11.9. The molecule has 0 spiro atoms. The predicted molar refractivity (Wildman–Crippen MR) is 80.0 cm³/mol. The van der Waals surface area contributed by atoms with E-state index in [0.717, 1.165) is 5.56 Å². The summed E-state index contributed by atoms with van der Waals surface area (Å²) >= 11 is 0. The highest BCUT2D eigenvalue weighted by molar-refractivity contribution is 7.89. The largest absolute Gasteiger partial charge is 0.384 e. The summed E-state index contributed by atoms with van der Waals surface area (Å²) in [6.45, 7) is 4.31. The Morgan fingerprint density at radius 3 is 2.33 bits per heavy atom. The van der Waals surface area contributed by atoms with E-state index >= 15 is 0 Å². The molecule has 118 valence electrons. The van der Waals surface area contributed by atoms with Gasteiger partial charge in [0.25, 0.3) is 0 Å². The molecule has 0 heterocycles. The van der Waals surface area contributed by atoms with Crippen molar-refractivity contribution in [3.63, 3.8) is 0 Å². The van der Waals surface area contributed by atoms with Gasteiger partial charge in [-0.1, -0.05) is 19.1 Å². The Morgan fingerprint density at radius 1 is 1.29 bits per heavy atom. The fourth-order valence-electron chi connectivity index (χ4n) is 1.99. The molecule has 6 nitrogen and oxygen atoms in total. The predicted octanol–water partition coefficient (Wildman–Crippen LogP) is 1.18. The summed E-state index contributed by atoms with van der Waals surface area (Å²) in [6, 6.07) is 5.94. The van der Waals surface area contributed by atoms with Gasteiger partial charge in [-0.2, -0.15) is 0 Å². The molecular weight excluding hydrogens is 292 g/mol. The maximum Gasteiger partial charge on any atom is 0.238 e. The summed E-state index contributed by atoms with van der Waals surface area (Å²) < 4.78 is 27.3. The number of rotatable bonds is 7. The number of ether oxygens (including phenoxy) is 1. The molecule has 1 aromatic carbocycles. The van der Waals surface area contributed by atoms with E-state index in [1.165, 1.54) is 12.1 Å². The SMILES string of the molecule is COCC(C)CC(=O)NC(C)c1ccc(S(N)(=O)=O)cc1. The van der Waals surface area contributed by atoms with Gasteiger partial charge in [0.2, 0.25) is 15.9 Å². The molecule has 0 fully saturated rings. The van der Waals surface area contributed by atoms with Crippen LogP contribution in [-0.2, 0) is 19.6 Å². The second-order valence-electron chi connectivity index (χ2n) is 5.17. The molecule has 0 aliphatic heterocycles. The molecular formula is C14H22N2O4S. The first-order chi connectivity index (χ1) is 9.74. The molecule has 0 aliphatic carbocycles. The van der Waals surface area contributed by atoms with Crippen LogP contribution in [0, 0.1) is 5.92 Å². The van der Waals surface area contributed by atoms with Gasteiger partial charge in [0, 0.05) is 20.1 Å². The first-order valence-electron chi connectivity index (χ1n) is 6.65. The number of benzene rings is 1. The minimum absolute atomic E-state index is 0.0542. The maximum atomic E-state index is 11.9. The van der Waals surface area contributed by atoms with E-state index in [1.54, 1.807) is 19.2 Å². The van der Waals surface area contributed by atoms with Crippen LogP contribution in [0.3, 0.4) is 0 Å². The zero-order valence-electron chi connectivity index (χ0n) is 12.5. The van der Waals surface area contributed by atoms with E-state index in [0.29, 0.717) is 13.0 Å². The fraction of sp³-hybridized carbons (Fsp3) is 0.500. The number of hydrogen-bond acceptors (Lipinski definition) is 4. The van der Waals surface area contributed by atoms with Gasteiger partial charge in [-0.3, -0.25) is 4.79 Å². The number of sulfonamides is 1. The second kappa shape index (κ2) is 7.53. The normalized spacial score (nSPS) is 14.5. The zero-order valence-corrected chi connectivity index (χ0v) is 13.3. The number of carbonyl (C=O) groups excluding carboxylic acids is 1. The summed E-state index contributed by atoms with van der Waals surface area (Å²) in [5.74, 6) is 0.0783. The monoisotopic (exact) mass is 314 g/mol. The van der Waals surface area contributed by atoms with Crippen molar-refractivity contribution >= 4 is 15.9 Å². The van der Waals surface area contributed by atoms with Crippen LogP contribution in [-0.4, -0.2) is 28.0 Å². The summed E-state index contributed by atoms with van der Waals surface area (Å²) in [4.78, 5) is 11.9. The molecule has 2 unspecified atom stereocenters. The first kappa shape index (κ1) is 17.6. The zero-order chi connectivity index (χ0) is 16.0. The number of nitrogens with two attached hydrogens (primary N) is 1.